The van der Waals surface area contributed by atoms with Gasteiger partial charge in [-0.3, -0.25) is 9.69 Å². The van der Waals surface area contributed by atoms with Crippen molar-refractivity contribution in [3.63, 3.8) is 0 Å². The molecule has 0 unspecified atom stereocenters. The SMILES string of the molecule is CC(C)(C)N1CCC(COc2ccc(C(=O)c3ccc(Cl)cc3)c(Cl)c2)CC1. The van der Waals surface area contributed by atoms with Crippen LogP contribution in [0.1, 0.15) is 49.5 Å². The molecule has 0 N–H and O–H groups in total. The van der Waals surface area contributed by atoms with Crippen molar-refractivity contribution in [1.29, 1.82) is 0 Å². The first kappa shape index (κ1) is 21.2. The molecule has 1 heterocycles. The molecule has 2 aromatic rings. The zero-order valence-electron chi connectivity index (χ0n) is 16.7. The quantitative estimate of drug-likeness (QED) is 0.547. The number of rotatable bonds is 5. The first-order valence-electron chi connectivity index (χ1n) is 9.72. The van der Waals surface area contributed by atoms with Crippen molar-refractivity contribution in [2.45, 2.75) is 39.2 Å². The number of carbonyl (C=O) groups excluding carboxylic acids is 1. The summed E-state index contributed by atoms with van der Waals surface area (Å²) in [6.07, 6.45) is 2.27. The fourth-order valence-corrected chi connectivity index (χ4v) is 3.89. The first-order chi connectivity index (χ1) is 13.2. The monoisotopic (exact) mass is 419 g/mol. The zero-order valence-corrected chi connectivity index (χ0v) is 18.2. The van der Waals surface area contributed by atoms with Crippen molar-refractivity contribution in [1.82, 2.24) is 4.90 Å². The van der Waals surface area contributed by atoms with Gasteiger partial charge in [0.05, 0.1) is 11.6 Å². The van der Waals surface area contributed by atoms with Gasteiger partial charge in [-0.2, -0.15) is 0 Å². The lowest BCUT2D eigenvalue weighted by atomic mass is 9.93. The minimum Gasteiger partial charge on any atom is -0.493 e. The first-order valence-corrected chi connectivity index (χ1v) is 10.5. The molecule has 0 saturated carbocycles. The Morgan fingerprint density at radius 2 is 1.71 bits per heavy atom. The molecule has 1 saturated heterocycles. The van der Waals surface area contributed by atoms with E-state index in [0.29, 0.717) is 39.4 Å². The molecule has 2 aromatic carbocycles. The average molecular weight is 420 g/mol. The number of piperidine rings is 1. The molecule has 0 aliphatic carbocycles. The van der Waals surface area contributed by atoms with E-state index in [4.69, 9.17) is 27.9 Å². The molecule has 0 aromatic heterocycles. The zero-order chi connectivity index (χ0) is 20.3. The maximum Gasteiger partial charge on any atom is 0.194 e. The molecule has 3 rings (SSSR count). The number of benzene rings is 2. The summed E-state index contributed by atoms with van der Waals surface area (Å²) in [6, 6.07) is 12.1. The Morgan fingerprint density at radius 3 is 2.29 bits per heavy atom. The van der Waals surface area contributed by atoms with Gasteiger partial charge >= 0.3 is 0 Å². The molecule has 1 fully saturated rings. The lowest BCUT2D eigenvalue weighted by molar-refractivity contribution is 0.0720. The molecule has 3 nitrogen and oxygen atoms in total. The number of carbonyl (C=O) groups is 1. The van der Waals surface area contributed by atoms with Gasteiger partial charge in [-0.15, -0.1) is 0 Å². The summed E-state index contributed by atoms with van der Waals surface area (Å²) in [5.74, 6) is 1.13. The number of ketones is 1. The molecular formula is C23H27Cl2NO2. The van der Waals surface area contributed by atoms with E-state index in [1.54, 1.807) is 36.4 Å². The van der Waals surface area contributed by atoms with E-state index >= 15 is 0 Å². The average Bonchev–Trinajstić information content (AvgIpc) is 2.66. The maximum absolute atomic E-state index is 12.6. The second-order valence-corrected chi connectivity index (χ2v) is 9.23. The molecule has 0 atom stereocenters. The predicted molar refractivity (Wildman–Crippen MR) is 116 cm³/mol. The summed E-state index contributed by atoms with van der Waals surface area (Å²) < 4.78 is 5.97. The largest absolute Gasteiger partial charge is 0.493 e. The van der Waals surface area contributed by atoms with Crippen molar-refractivity contribution in [2.24, 2.45) is 5.92 Å². The Morgan fingerprint density at radius 1 is 1.07 bits per heavy atom. The number of hydrogen-bond acceptors (Lipinski definition) is 3. The Balaban J connectivity index is 1.57. The topological polar surface area (TPSA) is 29.5 Å². The van der Waals surface area contributed by atoms with Crippen molar-refractivity contribution in [3.05, 3.63) is 63.6 Å². The summed E-state index contributed by atoms with van der Waals surface area (Å²) in [5.41, 5.74) is 1.26. The molecule has 1 aliphatic rings. The highest BCUT2D eigenvalue weighted by Crippen LogP contribution is 2.28. The van der Waals surface area contributed by atoms with Crippen LogP contribution in [0.25, 0.3) is 0 Å². The maximum atomic E-state index is 12.6. The summed E-state index contributed by atoms with van der Waals surface area (Å²) in [7, 11) is 0. The fraction of sp³-hybridized carbons (Fsp3) is 0.435. The highest BCUT2D eigenvalue weighted by molar-refractivity contribution is 6.35. The highest BCUT2D eigenvalue weighted by atomic mass is 35.5. The number of likely N-dealkylation sites (tertiary alicyclic amines) is 1. The molecule has 150 valence electrons. The van der Waals surface area contributed by atoms with Crippen LogP contribution in [0.15, 0.2) is 42.5 Å². The van der Waals surface area contributed by atoms with E-state index in [0.717, 1.165) is 25.9 Å². The second kappa shape index (κ2) is 8.86. The number of nitrogens with zero attached hydrogens (tertiary/aromatic N) is 1. The normalized spacial score (nSPS) is 16.2. The van der Waals surface area contributed by atoms with Crippen LogP contribution in [0.2, 0.25) is 10.0 Å². The third-order valence-electron chi connectivity index (χ3n) is 5.34. The molecular weight excluding hydrogens is 393 g/mol. The Labute approximate surface area is 177 Å². The van der Waals surface area contributed by atoms with Crippen LogP contribution in [0.5, 0.6) is 5.75 Å². The van der Waals surface area contributed by atoms with Crippen molar-refractivity contribution >= 4 is 29.0 Å². The van der Waals surface area contributed by atoms with E-state index in [9.17, 15) is 4.79 Å². The standard InChI is InChI=1S/C23H27Cl2NO2/c1-23(2,3)26-12-10-16(11-13-26)15-28-19-8-9-20(21(25)14-19)22(27)17-4-6-18(24)7-5-17/h4-9,14,16H,10-13,15H2,1-3H3. The second-order valence-electron chi connectivity index (χ2n) is 8.39. The lowest BCUT2D eigenvalue weighted by Crippen LogP contribution is -2.46. The Bertz CT molecular complexity index is 819. The van der Waals surface area contributed by atoms with Crippen LogP contribution in [-0.4, -0.2) is 35.9 Å². The van der Waals surface area contributed by atoms with E-state index in [-0.39, 0.29) is 11.3 Å². The van der Waals surface area contributed by atoms with Gasteiger partial charge in [-0.1, -0.05) is 23.2 Å². The number of halogens is 2. The van der Waals surface area contributed by atoms with Gasteiger partial charge in [0.15, 0.2) is 5.78 Å². The van der Waals surface area contributed by atoms with Gasteiger partial charge in [0.1, 0.15) is 5.75 Å². The van der Waals surface area contributed by atoms with Crippen molar-refractivity contribution < 1.29 is 9.53 Å². The minimum absolute atomic E-state index is 0.122. The third kappa shape index (κ3) is 5.28. The minimum atomic E-state index is -0.122. The van der Waals surface area contributed by atoms with Gasteiger partial charge in [0.25, 0.3) is 0 Å². The van der Waals surface area contributed by atoms with E-state index in [1.165, 1.54) is 0 Å². The van der Waals surface area contributed by atoms with E-state index in [2.05, 4.69) is 25.7 Å². The number of ether oxygens (including phenoxy) is 1. The summed E-state index contributed by atoms with van der Waals surface area (Å²) in [5, 5.41) is 1.000. The van der Waals surface area contributed by atoms with Crippen LogP contribution in [0.3, 0.4) is 0 Å². The molecule has 0 amide bonds. The van der Waals surface area contributed by atoms with Crippen molar-refractivity contribution in [3.8, 4) is 5.75 Å². The van der Waals surface area contributed by atoms with Gasteiger partial charge in [0.2, 0.25) is 0 Å². The van der Waals surface area contributed by atoms with Crippen LogP contribution in [-0.2, 0) is 0 Å². The molecule has 0 bridgehead atoms. The Kier molecular flexibility index (Phi) is 6.69. The van der Waals surface area contributed by atoms with Gasteiger partial charge in [-0.25, -0.2) is 0 Å². The van der Waals surface area contributed by atoms with Crippen LogP contribution < -0.4 is 4.74 Å². The lowest BCUT2D eigenvalue weighted by Gasteiger charge is -2.40. The van der Waals surface area contributed by atoms with Crippen LogP contribution in [0.4, 0.5) is 0 Å². The molecule has 5 heteroatoms. The Hall–Kier alpha value is -1.55. The molecule has 1 aliphatic heterocycles. The van der Waals surface area contributed by atoms with Crippen LogP contribution >= 0.6 is 23.2 Å². The molecule has 28 heavy (non-hydrogen) atoms. The smallest absolute Gasteiger partial charge is 0.194 e. The molecule has 0 spiro atoms. The van der Waals surface area contributed by atoms with Gasteiger partial charge in [-0.05, 0) is 95.1 Å². The van der Waals surface area contributed by atoms with Crippen LogP contribution in [0, 0.1) is 5.92 Å². The van der Waals surface area contributed by atoms with E-state index in [1.807, 2.05) is 6.07 Å². The van der Waals surface area contributed by atoms with Gasteiger partial charge < -0.3 is 4.74 Å². The molecule has 0 radical (unpaired) electrons. The van der Waals surface area contributed by atoms with Gasteiger partial charge in [0, 0.05) is 21.7 Å². The summed E-state index contributed by atoms with van der Waals surface area (Å²) in [6.45, 7) is 9.68. The fourth-order valence-electron chi connectivity index (χ4n) is 3.51. The predicted octanol–water partition coefficient (Wildman–Crippen LogP) is 6.11. The van der Waals surface area contributed by atoms with Crippen molar-refractivity contribution in [2.75, 3.05) is 19.7 Å². The third-order valence-corrected chi connectivity index (χ3v) is 5.91. The van der Waals surface area contributed by atoms with E-state index < -0.39 is 0 Å². The number of hydrogen-bond donors (Lipinski definition) is 0. The highest BCUT2D eigenvalue weighted by Gasteiger charge is 2.27. The summed E-state index contributed by atoms with van der Waals surface area (Å²) >= 11 is 12.2. The summed E-state index contributed by atoms with van der Waals surface area (Å²) in [4.78, 5) is 15.2.